The number of amides is 2. The Morgan fingerprint density at radius 3 is 2.87 bits per heavy atom. The van der Waals surface area contributed by atoms with Crippen molar-refractivity contribution in [3.05, 3.63) is 59.1 Å². The summed E-state index contributed by atoms with van der Waals surface area (Å²) >= 11 is 7.33. The first-order chi connectivity index (χ1) is 15.0. The van der Waals surface area contributed by atoms with Crippen molar-refractivity contribution in [2.45, 2.75) is 37.5 Å². The SMILES string of the molecule is Cc1ccccc1N=C1SC(CC(=O)Nc2cccc(Cl)c2)C(=O)N1CC1CCCO1. The van der Waals surface area contributed by atoms with Gasteiger partial charge in [0.05, 0.1) is 18.3 Å². The molecule has 2 amide bonds. The number of amidine groups is 1. The van der Waals surface area contributed by atoms with Gasteiger partial charge >= 0.3 is 0 Å². The van der Waals surface area contributed by atoms with Crippen LogP contribution in [0.3, 0.4) is 0 Å². The Labute approximate surface area is 191 Å². The monoisotopic (exact) mass is 457 g/mol. The van der Waals surface area contributed by atoms with Gasteiger partial charge in [-0.25, -0.2) is 4.99 Å². The van der Waals surface area contributed by atoms with Crippen LogP contribution < -0.4 is 5.32 Å². The predicted molar refractivity (Wildman–Crippen MR) is 125 cm³/mol. The van der Waals surface area contributed by atoms with Gasteiger partial charge in [-0.1, -0.05) is 47.6 Å². The molecule has 2 unspecified atom stereocenters. The molecule has 0 aromatic heterocycles. The third kappa shape index (κ3) is 5.47. The van der Waals surface area contributed by atoms with E-state index in [1.165, 1.54) is 11.8 Å². The molecule has 2 saturated heterocycles. The van der Waals surface area contributed by atoms with E-state index >= 15 is 0 Å². The lowest BCUT2D eigenvalue weighted by Crippen LogP contribution is -2.38. The van der Waals surface area contributed by atoms with Gasteiger partial charge in [0.15, 0.2) is 5.17 Å². The summed E-state index contributed by atoms with van der Waals surface area (Å²) in [4.78, 5) is 32.2. The van der Waals surface area contributed by atoms with E-state index in [0.29, 0.717) is 22.4 Å². The van der Waals surface area contributed by atoms with Gasteiger partial charge in [0.1, 0.15) is 5.25 Å². The molecule has 2 aromatic carbocycles. The number of thioether (sulfide) groups is 1. The topological polar surface area (TPSA) is 71.0 Å². The summed E-state index contributed by atoms with van der Waals surface area (Å²) in [6.45, 7) is 3.17. The zero-order chi connectivity index (χ0) is 21.8. The largest absolute Gasteiger partial charge is 0.376 e. The summed E-state index contributed by atoms with van der Waals surface area (Å²) in [6.07, 6.45) is 1.98. The highest BCUT2D eigenvalue weighted by Crippen LogP contribution is 2.33. The number of nitrogens with zero attached hydrogens (tertiary/aromatic N) is 2. The van der Waals surface area contributed by atoms with E-state index in [0.717, 1.165) is 30.7 Å². The van der Waals surface area contributed by atoms with Crippen molar-refractivity contribution in [1.29, 1.82) is 0 Å². The highest BCUT2D eigenvalue weighted by molar-refractivity contribution is 8.15. The van der Waals surface area contributed by atoms with Gasteiger partial charge in [-0.05, 0) is 49.6 Å². The fraction of sp³-hybridized carbons (Fsp3) is 0.348. The van der Waals surface area contributed by atoms with Gasteiger partial charge in [-0.15, -0.1) is 0 Å². The molecule has 1 N–H and O–H groups in total. The van der Waals surface area contributed by atoms with Crippen molar-refractivity contribution in [3.8, 4) is 0 Å². The normalized spacial score (nSPS) is 22.3. The maximum atomic E-state index is 13.2. The van der Waals surface area contributed by atoms with Crippen LogP contribution in [0.15, 0.2) is 53.5 Å². The Bertz CT molecular complexity index is 1010. The second-order valence-corrected chi connectivity index (χ2v) is 9.24. The lowest BCUT2D eigenvalue weighted by Gasteiger charge is -2.20. The summed E-state index contributed by atoms with van der Waals surface area (Å²) in [5.41, 5.74) is 2.46. The maximum absolute atomic E-state index is 13.2. The quantitative estimate of drug-likeness (QED) is 0.677. The number of carbonyl (C=O) groups excluding carboxylic acids is 2. The van der Waals surface area contributed by atoms with Crippen LogP contribution in [0.25, 0.3) is 0 Å². The molecule has 4 rings (SSSR count). The average molecular weight is 458 g/mol. The van der Waals surface area contributed by atoms with Crippen LogP contribution >= 0.6 is 23.4 Å². The molecule has 0 bridgehead atoms. The fourth-order valence-electron chi connectivity index (χ4n) is 3.62. The number of rotatable bonds is 6. The zero-order valence-corrected chi connectivity index (χ0v) is 18.8. The standard InChI is InChI=1S/C23H24ClN3O3S/c1-15-6-2-3-10-19(15)26-23-27(14-18-9-5-11-30-18)22(29)20(31-23)13-21(28)25-17-8-4-7-16(24)12-17/h2-4,6-8,10,12,18,20H,5,9,11,13-14H2,1H3,(H,25,28). The molecule has 0 spiro atoms. The van der Waals surface area contributed by atoms with Gasteiger partial charge in [0, 0.05) is 23.7 Å². The van der Waals surface area contributed by atoms with Crippen molar-refractivity contribution in [1.82, 2.24) is 4.90 Å². The molecule has 0 aliphatic carbocycles. The summed E-state index contributed by atoms with van der Waals surface area (Å²) < 4.78 is 5.74. The smallest absolute Gasteiger partial charge is 0.242 e. The minimum Gasteiger partial charge on any atom is -0.376 e. The number of ether oxygens (including phenoxy) is 1. The molecule has 162 valence electrons. The molecule has 8 heteroatoms. The van der Waals surface area contributed by atoms with E-state index in [2.05, 4.69) is 5.32 Å². The molecule has 2 fully saturated rings. The lowest BCUT2D eigenvalue weighted by molar-refractivity contribution is -0.129. The molecule has 2 aromatic rings. The number of nitrogens with one attached hydrogen (secondary N) is 1. The Hall–Kier alpha value is -2.35. The van der Waals surface area contributed by atoms with E-state index in [4.69, 9.17) is 21.3 Å². The molecule has 2 atom stereocenters. The van der Waals surface area contributed by atoms with E-state index in [9.17, 15) is 9.59 Å². The summed E-state index contributed by atoms with van der Waals surface area (Å²) in [5.74, 6) is -0.337. The third-order valence-electron chi connectivity index (χ3n) is 5.24. The number of anilines is 1. The van der Waals surface area contributed by atoms with Crippen molar-refractivity contribution in [2.75, 3.05) is 18.5 Å². The van der Waals surface area contributed by atoms with E-state index in [1.807, 2.05) is 31.2 Å². The van der Waals surface area contributed by atoms with Gasteiger partial charge < -0.3 is 10.1 Å². The zero-order valence-electron chi connectivity index (χ0n) is 17.2. The first kappa shape index (κ1) is 21.9. The maximum Gasteiger partial charge on any atom is 0.242 e. The fourth-order valence-corrected chi connectivity index (χ4v) is 4.97. The molecule has 31 heavy (non-hydrogen) atoms. The van der Waals surface area contributed by atoms with Crippen LogP contribution in [0.5, 0.6) is 0 Å². The van der Waals surface area contributed by atoms with Gasteiger partial charge in [0.25, 0.3) is 0 Å². The highest BCUT2D eigenvalue weighted by atomic mass is 35.5. The minimum atomic E-state index is -0.525. The van der Waals surface area contributed by atoms with Crippen LogP contribution in [0.1, 0.15) is 24.8 Å². The molecule has 6 nitrogen and oxygen atoms in total. The van der Waals surface area contributed by atoms with E-state index in [1.54, 1.807) is 29.2 Å². The van der Waals surface area contributed by atoms with Crippen molar-refractivity contribution in [3.63, 3.8) is 0 Å². The molecule has 2 aliphatic heterocycles. The van der Waals surface area contributed by atoms with Crippen molar-refractivity contribution >= 4 is 51.7 Å². The number of aliphatic imine (C=N–C) groups is 1. The van der Waals surface area contributed by atoms with Gasteiger partial charge in [0.2, 0.25) is 11.8 Å². The Morgan fingerprint density at radius 1 is 1.29 bits per heavy atom. The second kappa shape index (κ2) is 9.85. The highest BCUT2D eigenvalue weighted by Gasteiger charge is 2.40. The number of halogens is 1. The molecular formula is C23H24ClN3O3S. The Kier molecular flexibility index (Phi) is 6.95. The van der Waals surface area contributed by atoms with Crippen LogP contribution in [0, 0.1) is 6.92 Å². The van der Waals surface area contributed by atoms with Gasteiger partial charge in [-0.2, -0.15) is 0 Å². The van der Waals surface area contributed by atoms with Crippen molar-refractivity contribution in [2.24, 2.45) is 4.99 Å². The molecular weight excluding hydrogens is 434 g/mol. The number of para-hydroxylation sites is 1. The first-order valence-electron chi connectivity index (χ1n) is 10.3. The third-order valence-corrected chi connectivity index (χ3v) is 6.65. The lowest BCUT2D eigenvalue weighted by atomic mass is 10.2. The Balaban J connectivity index is 1.51. The number of hydrogen-bond acceptors (Lipinski definition) is 5. The number of benzene rings is 2. The van der Waals surface area contributed by atoms with Crippen LogP contribution in [-0.2, 0) is 14.3 Å². The summed E-state index contributed by atoms with van der Waals surface area (Å²) in [7, 11) is 0. The van der Waals surface area contributed by atoms with Crippen LogP contribution in [0.2, 0.25) is 5.02 Å². The number of hydrogen-bond donors (Lipinski definition) is 1. The number of carbonyl (C=O) groups is 2. The summed E-state index contributed by atoms with van der Waals surface area (Å²) in [6, 6.07) is 14.7. The molecule has 2 aliphatic rings. The van der Waals surface area contributed by atoms with Crippen LogP contribution in [-0.4, -0.2) is 46.4 Å². The van der Waals surface area contributed by atoms with Gasteiger partial charge in [-0.3, -0.25) is 14.5 Å². The van der Waals surface area contributed by atoms with Crippen molar-refractivity contribution < 1.29 is 14.3 Å². The summed E-state index contributed by atoms with van der Waals surface area (Å²) in [5, 5.41) is 3.46. The minimum absolute atomic E-state index is 0.00524. The first-order valence-corrected chi connectivity index (χ1v) is 11.5. The number of aryl methyl sites for hydroxylation is 1. The van der Waals surface area contributed by atoms with E-state index in [-0.39, 0.29) is 24.3 Å². The Morgan fingerprint density at radius 2 is 2.13 bits per heavy atom. The van der Waals surface area contributed by atoms with E-state index < -0.39 is 5.25 Å². The average Bonchev–Trinajstić information content (AvgIpc) is 3.34. The second-order valence-electron chi connectivity index (χ2n) is 7.63. The molecule has 0 saturated carbocycles. The van der Waals surface area contributed by atoms with Crippen LogP contribution in [0.4, 0.5) is 11.4 Å². The predicted octanol–water partition coefficient (Wildman–Crippen LogP) is 4.79. The molecule has 2 heterocycles. The molecule has 0 radical (unpaired) electrons.